The minimum atomic E-state index is 0.284. The number of hydrogen-bond acceptors (Lipinski definition) is 3. The SMILES string of the molecule is Oc1ccc2c(-c3ccc(OC4CCNCC4)cc3)c(-c3ccccc3)ccc2c1. The third kappa shape index (κ3) is 3.77. The van der Waals surface area contributed by atoms with Gasteiger partial charge in [-0.05, 0) is 83.2 Å². The van der Waals surface area contributed by atoms with Gasteiger partial charge in [-0.2, -0.15) is 0 Å². The smallest absolute Gasteiger partial charge is 0.119 e. The lowest BCUT2D eigenvalue weighted by Crippen LogP contribution is -2.34. The Morgan fingerprint density at radius 2 is 1.53 bits per heavy atom. The Labute approximate surface area is 177 Å². The fraction of sp³-hybridized carbons (Fsp3) is 0.185. The van der Waals surface area contributed by atoms with Gasteiger partial charge in [0.2, 0.25) is 0 Å². The van der Waals surface area contributed by atoms with E-state index in [9.17, 15) is 5.11 Å². The molecule has 4 aromatic rings. The number of ether oxygens (including phenoxy) is 1. The Morgan fingerprint density at radius 3 is 2.30 bits per heavy atom. The molecule has 0 amide bonds. The van der Waals surface area contributed by atoms with E-state index >= 15 is 0 Å². The van der Waals surface area contributed by atoms with Gasteiger partial charge in [0, 0.05) is 0 Å². The third-order valence-electron chi connectivity index (χ3n) is 5.82. The summed E-state index contributed by atoms with van der Waals surface area (Å²) in [7, 11) is 0. The highest BCUT2D eigenvalue weighted by Crippen LogP contribution is 2.39. The van der Waals surface area contributed by atoms with Gasteiger partial charge < -0.3 is 15.2 Å². The molecule has 1 heterocycles. The van der Waals surface area contributed by atoms with Crippen molar-refractivity contribution in [2.24, 2.45) is 0 Å². The lowest BCUT2D eigenvalue weighted by Gasteiger charge is -2.24. The second-order valence-electron chi connectivity index (χ2n) is 7.85. The van der Waals surface area contributed by atoms with E-state index in [4.69, 9.17) is 4.74 Å². The Kier molecular flexibility index (Phi) is 5.12. The first-order chi connectivity index (χ1) is 14.8. The number of piperidine rings is 1. The number of benzene rings is 4. The Bertz CT molecular complexity index is 1150. The molecule has 1 aliphatic heterocycles. The first kappa shape index (κ1) is 18.7. The molecular weight excluding hydrogens is 370 g/mol. The van der Waals surface area contributed by atoms with Gasteiger partial charge in [-0.3, -0.25) is 0 Å². The van der Waals surface area contributed by atoms with E-state index in [1.54, 1.807) is 6.07 Å². The minimum Gasteiger partial charge on any atom is -0.508 e. The number of phenolic OH excluding ortho intramolecular Hbond substituents is 1. The summed E-state index contributed by atoms with van der Waals surface area (Å²) in [5, 5.41) is 15.5. The van der Waals surface area contributed by atoms with E-state index in [2.05, 4.69) is 66.0 Å². The summed E-state index contributed by atoms with van der Waals surface area (Å²) in [4.78, 5) is 0. The number of aromatic hydroxyl groups is 1. The summed E-state index contributed by atoms with van der Waals surface area (Å²) in [5.41, 5.74) is 4.67. The van der Waals surface area contributed by atoms with Crippen molar-refractivity contribution in [3.63, 3.8) is 0 Å². The highest BCUT2D eigenvalue weighted by Gasteiger charge is 2.16. The zero-order valence-corrected chi connectivity index (χ0v) is 16.8. The first-order valence-electron chi connectivity index (χ1n) is 10.6. The molecule has 0 aromatic heterocycles. The quantitative estimate of drug-likeness (QED) is 0.445. The average molecular weight is 396 g/mol. The lowest BCUT2D eigenvalue weighted by molar-refractivity contribution is 0.162. The first-order valence-corrected chi connectivity index (χ1v) is 10.6. The largest absolute Gasteiger partial charge is 0.508 e. The van der Waals surface area contributed by atoms with Crippen molar-refractivity contribution in [2.75, 3.05) is 13.1 Å². The highest BCUT2D eigenvalue weighted by molar-refractivity contribution is 6.04. The summed E-state index contributed by atoms with van der Waals surface area (Å²) in [5.74, 6) is 1.21. The normalized spacial score (nSPS) is 14.7. The number of fused-ring (bicyclic) bond motifs is 1. The molecule has 3 nitrogen and oxygen atoms in total. The Morgan fingerprint density at radius 1 is 0.767 bits per heavy atom. The second-order valence-corrected chi connectivity index (χ2v) is 7.85. The van der Waals surface area contributed by atoms with Crippen molar-refractivity contribution >= 4 is 10.8 Å². The van der Waals surface area contributed by atoms with Gasteiger partial charge in [0.25, 0.3) is 0 Å². The monoisotopic (exact) mass is 395 g/mol. The number of rotatable bonds is 4. The lowest BCUT2D eigenvalue weighted by atomic mass is 9.89. The van der Waals surface area contributed by atoms with Gasteiger partial charge in [-0.15, -0.1) is 0 Å². The van der Waals surface area contributed by atoms with Crippen LogP contribution in [0.5, 0.6) is 11.5 Å². The molecule has 1 aliphatic rings. The zero-order valence-electron chi connectivity index (χ0n) is 16.8. The van der Waals surface area contributed by atoms with Crippen molar-refractivity contribution in [3.8, 4) is 33.8 Å². The molecule has 0 saturated carbocycles. The van der Waals surface area contributed by atoms with E-state index in [0.717, 1.165) is 48.0 Å². The highest BCUT2D eigenvalue weighted by atomic mass is 16.5. The molecule has 5 rings (SSSR count). The predicted molar refractivity (Wildman–Crippen MR) is 123 cm³/mol. The summed E-state index contributed by atoms with van der Waals surface area (Å²) in [6.07, 6.45) is 2.39. The minimum absolute atomic E-state index is 0.284. The van der Waals surface area contributed by atoms with Crippen molar-refractivity contribution in [1.82, 2.24) is 5.32 Å². The van der Waals surface area contributed by atoms with Gasteiger partial charge in [-0.1, -0.05) is 60.7 Å². The molecular formula is C27H25NO2. The van der Waals surface area contributed by atoms with Crippen LogP contribution < -0.4 is 10.1 Å². The average Bonchev–Trinajstić information content (AvgIpc) is 2.80. The van der Waals surface area contributed by atoms with Crippen molar-refractivity contribution in [3.05, 3.63) is 84.9 Å². The van der Waals surface area contributed by atoms with Crippen LogP contribution in [0.1, 0.15) is 12.8 Å². The molecule has 30 heavy (non-hydrogen) atoms. The Hall–Kier alpha value is -3.30. The van der Waals surface area contributed by atoms with Gasteiger partial charge in [-0.25, -0.2) is 0 Å². The molecule has 0 unspecified atom stereocenters. The van der Waals surface area contributed by atoms with Crippen molar-refractivity contribution < 1.29 is 9.84 Å². The van der Waals surface area contributed by atoms with E-state index in [1.807, 2.05) is 18.2 Å². The van der Waals surface area contributed by atoms with Crippen LogP contribution in [0, 0.1) is 0 Å². The van der Waals surface area contributed by atoms with E-state index < -0.39 is 0 Å². The molecule has 0 atom stereocenters. The molecule has 0 spiro atoms. The fourth-order valence-electron chi connectivity index (χ4n) is 4.29. The number of phenols is 1. The van der Waals surface area contributed by atoms with E-state index in [1.165, 1.54) is 16.7 Å². The van der Waals surface area contributed by atoms with Crippen LogP contribution >= 0.6 is 0 Å². The molecule has 4 aromatic carbocycles. The van der Waals surface area contributed by atoms with E-state index in [-0.39, 0.29) is 11.9 Å². The van der Waals surface area contributed by atoms with Crippen LogP contribution in [0.3, 0.4) is 0 Å². The predicted octanol–water partition coefficient (Wildman–Crippen LogP) is 6.01. The zero-order chi connectivity index (χ0) is 20.3. The maximum absolute atomic E-state index is 9.95. The number of nitrogens with one attached hydrogen (secondary N) is 1. The van der Waals surface area contributed by atoms with Gasteiger partial charge in [0.1, 0.15) is 17.6 Å². The van der Waals surface area contributed by atoms with Gasteiger partial charge in [0.15, 0.2) is 0 Å². The van der Waals surface area contributed by atoms with Gasteiger partial charge in [0.05, 0.1) is 0 Å². The molecule has 0 bridgehead atoms. The molecule has 150 valence electrons. The topological polar surface area (TPSA) is 41.5 Å². The molecule has 1 saturated heterocycles. The summed E-state index contributed by atoms with van der Waals surface area (Å²) in [6.45, 7) is 2.04. The maximum Gasteiger partial charge on any atom is 0.119 e. The number of hydrogen-bond donors (Lipinski definition) is 2. The maximum atomic E-state index is 9.95. The van der Waals surface area contributed by atoms with Crippen LogP contribution in [-0.2, 0) is 0 Å². The van der Waals surface area contributed by atoms with Crippen LogP contribution in [0.25, 0.3) is 33.0 Å². The van der Waals surface area contributed by atoms with Crippen LogP contribution in [0.2, 0.25) is 0 Å². The van der Waals surface area contributed by atoms with Crippen LogP contribution in [0.4, 0.5) is 0 Å². The Balaban J connectivity index is 1.58. The molecule has 2 N–H and O–H groups in total. The van der Waals surface area contributed by atoms with Crippen molar-refractivity contribution in [1.29, 1.82) is 0 Å². The molecule has 0 radical (unpaired) electrons. The van der Waals surface area contributed by atoms with Crippen LogP contribution in [0.15, 0.2) is 84.9 Å². The third-order valence-corrected chi connectivity index (χ3v) is 5.82. The second kappa shape index (κ2) is 8.21. The van der Waals surface area contributed by atoms with Gasteiger partial charge >= 0.3 is 0 Å². The molecule has 0 aliphatic carbocycles. The molecule has 3 heteroatoms. The fourth-order valence-corrected chi connectivity index (χ4v) is 4.29. The summed E-state index contributed by atoms with van der Waals surface area (Å²) >= 11 is 0. The molecule has 1 fully saturated rings. The standard InChI is InChI=1S/C27H25NO2/c29-22-9-13-26-21(18-22)8-12-25(19-4-2-1-3-5-19)27(26)20-6-10-23(11-7-20)30-24-14-16-28-17-15-24/h1-13,18,24,28-29H,14-17H2. The van der Waals surface area contributed by atoms with Crippen LogP contribution in [-0.4, -0.2) is 24.3 Å². The van der Waals surface area contributed by atoms with E-state index in [0.29, 0.717) is 0 Å². The summed E-state index contributed by atoms with van der Waals surface area (Å²) < 4.78 is 6.19. The van der Waals surface area contributed by atoms with Crippen molar-refractivity contribution in [2.45, 2.75) is 18.9 Å². The summed E-state index contributed by atoms with van der Waals surface area (Å²) in [6, 6.07) is 28.7.